The normalized spacial score (nSPS) is 11.8. The summed E-state index contributed by atoms with van der Waals surface area (Å²) in [5, 5.41) is 1.76. The van der Waals surface area contributed by atoms with Crippen molar-refractivity contribution in [1.29, 1.82) is 0 Å². The molecule has 0 N–H and O–H groups in total. The van der Waals surface area contributed by atoms with E-state index in [1.54, 1.807) is 24.6 Å². The molecule has 0 unspecified atom stereocenters. The fourth-order valence-electron chi connectivity index (χ4n) is 1.82. The number of hydrogen-bond acceptors (Lipinski definition) is 4. The van der Waals surface area contributed by atoms with E-state index in [2.05, 4.69) is 0 Å². The van der Waals surface area contributed by atoms with Crippen molar-refractivity contribution in [2.45, 2.75) is 17.7 Å². The molecule has 1 heterocycles. The maximum absolute atomic E-state index is 12.4. The predicted molar refractivity (Wildman–Crippen MR) is 80.6 cm³/mol. The Morgan fingerprint density at radius 3 is 2.60 bits per heavy atom. The quantitative estimate of drug-likeness (QED) is 0.824. The number of sulfonamides is 1. The predicted octanol–water partition coefficient (Wildman–Crippen LogP) is 2.97. The van der Waals surface area contributed by atoms with E-state index in [9.17, 15) is 8.42 Å². The molecular formula is C14H17NO3S2. The maximum Gasteiger partial charge on any atom is 0.252 e. The Bertz CT molecular complexity index is 651. The SMILES string of the molecule is CCOc1ccccc1CN(C)S(=O)(=O)c1cccs1. The smallest absolute Gasteiger partial charge is 0.252 e. The lowest BCUT2D eigenvalue weighted by Crippen LogP contribution is -2.26. The molecule has 0 aliphatic rings. The van der Waals surface area contributed by atoms with Gasteiger partial charge in [0.1, 0.15) is 9.96 Å². The molecule has 2 rings (SSSR count). The van der Waals surface area contributed by atoms with Gasteiger partial charge in [-0.2, -0.15) is 4.31 Å². The fourth-order valence-corrected chi connectivity index (χ4v) is 4.17. The van der Waals surface area contributed by atoms with Crippen LogP contribution in [0.4, 0.5) is 0 Å². The second-order valence-corrected chi connectivity index (χ2v) is 7.45. The minimum atomic E-state index is -3.43. The van der Waals surface area contributed by atoms with Gasteiger partial charge in [0.05, 0.1) is 6.61 Å². The number of rotatable bonds is 6. The first-order chi connectivity index (χ1) is 9.55. The maximum atomic E-state index is 12.4. The van der Waals surface area contributed by atoms with Crippen LogP contribution in [0.3, 0.4) is 0 Å². The highest BCUT2D eigenvalue weighted by Gasteiger charge is 2.22. The van der Waals surface area contributed by atoms with Crippen molar-refractivity contribution >= 4 is 21.4 Å². The molecule has 0 fully saturated rings. The van der Waals surface area contributed by atoms with Gasteiger partial charge in [0.25, 0.3) is 10.0 Å². The van der Waals surface area contributed by atoms with Gasteiger partial charge in [0.15, 0.2) is 0 Å². The Balaban J connectivity index is 2.22. The number of nitrogens with zero attached hydrogens (tertiary/aromatic N) is 1. The topological polar surface area (TPSA) is 46.6 Å². The van der Waals surface area contributed by atoms with Crippen molar-refractivity contribution in [3.05, 3.63) is 47.3 Å². The van der Waals surface area contributed by atoms with E-state index in [0.29, 0.717) is 10.8 Å². The molecule has 0 bridgehead atoms. The molecule has 0 spiro atoms. The highest BCUT2D eigenvalue weighted by Crippen LogP contribution is 2.24. The average Bonchev–Trinajstić information content (AvgIpc) is 2.96. The van der Waals surface area contributed by atoms with E-state index in [1.165, 1.54) is 15.6 Å². The molecule has 20 heavy (non-hydrogen) atoms. The largest absolute Gasteiger partial charge is 0.494 e. The highest BCUT2D eigenvalue weighted by molar-refractivity contribution is 7.91. The molecule has 0 aliphatic heterocycles. The third-order valence-electron chi connectivity index (χ3n) is 2.83. The Morgan fingerprint density at radius 1 is 1.20 bits per heavy atom. The van der Waals surface area contributed by atoms with Crippen molar-refractivity contribution in [3.63, 3.8) is 0 Å². The number of thiophene rings is 1. The first-order valence-electron chi connectivity index (χ1n) is 6.26. The first kappa shape index (κ1) is 15.0. The van der Waals surface area contributed by atoms with Gasteiger partial charge in [0, 0.05) is 19.2 Å². The van der Waals surface area contributed by atoms with Gasteiger partial charge >= 0.3 is 0 Å². The molecule has 0 saturated carbocycles. The fraction of sp³-hybridized carbons (Fsp3) is 0.286. The summed E-state index contributed by atoms with van der Waals surface area (Å²) in [5.74, 6) is 0.725. The van der Waals surface area contributed by atoms with Gasteiger partial charge in [-0.25, -0.2) is 8.42 Å². The van der Waals surface area contributed by atoms with E-state index in [4.69, 9.17) is 4.74 Å². The van der Waals surface area contributed by atoms with Crippen molar-refractivity contribution in [2.75, 3.05) is 13.7 Å². The summed E-state index contributed by atoms with van der Waals surface area (Å²) in [6.45, 7) is 2.75. The zero-order valence-corrected chi connectivity index (χ0v) is 13.1. The number of ether oxygens (including phenoxy) is 1. The summed E-state index contributed by atoms with van der Waals surface area (Å²) in [6, 6.07) is 10.8. The van der Waals surface area contributed by atoms with Gasteiger partial charge in [-0.15, -0.1) is 11.3 Å². The third kappa shape index (κ3) is 3.20. The summed E-state index contributed by atoms with van der Waals surface area (Å²) < 4.78 is 31.9. The van der Waals surface area contributed by atoms with Crippen molar-refractivity contribution < 1.29 is 13.2 Å². The lowest BCUT2D eigenvalue weighted by Gasteiger charge is -2.18. The summed E-state index contributed by atoms with van der Waals surface area (Å²) in [5.41, 5.74) is 0.858. The molecule has 0 aliphatic carbocycles. The average molecular weight is 311 g/mol. The lowest BCUT2D eigenvalue weighted by atomic mass is 10.2. The van der Waals surface area contributed by atoms with Crippen molar-refractivity contribution in [3.8, 4) is 5.75 Å². The van der Waals surface area contributed by atoms with Crippen LogP contribution in [0.25, 0.3) is 0 Å². The third-order valence-corrected chi connectivity index (χ3v) is 6.00. The Labute approximate surface area is 123 Å². The molecule has 1 aromatic carbocycles. The summed E-state index contributed by atoms with van der Waals surface area (Å²) in [6.07, 6.45) is 0. The number of para-hydroxylation sites is 1. The zero-order valence-electron chi connectivity index (χ0n) is 11.4. The number of benzene rings is 1. The molecular weight excluding hydrogens is 294 g/mol. The summed E-state index contributed by atoms with van der Waals surface area (Å²) in [4.78, 5) is 0. The van der Waals surface area contributed by atoms with Crippen LogP contribution < -0.4 is 4.74 Å². The lowest BCUT2D eigenvalue weighted by molar-refractivity contribution is 0.332. The zero-order chi connectivity index (χ0) is 14.6. The van der Waals surface area contributed by atoms with Crippen LogP contribution in [-0.2, 0) is 16.6 Å². The van der Waals surface area contributed by atoms with Crippen LogP contribution in [-0.4, -0.2) is 26.4 Å². The molecule has 4 nitrogen and oxygen atoms in total. The Kier molecular flexibility index (Phi) is 4.80. The van der Waals surface area contributed by atoms with Crippen LogP contribution in [0.15, 0.2) is 46.0 Å². The minimum Gasteiger partial charge on any atom is -0.494 e. The van der Waals surface area contributed by atoms with Crippen LogP contribution in [0, 0.1) is 0 Å². The second kappa shape index (κ2) is 6.39. The van der Waals surface area contributed by atoms with Crippen LogP contribution in [0.5, 0.6) is 5.75 Å². The molecule has 0 atom stereocenters. The second-order valence-electron chi connectivity index (χ2n) is 4.23. The Morgan fingerprint density at radius 2 is 1.95 bits per heavy atom. The van der Waals surface area contributed by atoms with Crippen molar-refractivity contribution in [2.24, 2.45) is 0 Å². The van der Waals surface area contributed by atoms with Gasteiger partial charge in [-0.05, 0) is 24.4 Å². The Hall–Kier alpha value is -1.37. The standard InChI is InChI=1S/C14H17NO3S2/c1-3-18-13-8-5-4-7-12(13)11-15(2)20(16,17)14-9-6-10-19-14/h4-10H,3,11H2,1-2H3. The van der Waals surface area contributed by atoms with Gasteiger partial charge in [0.2, 0.25) is 0 Å². The first-order valence-corrected chi connectivity index (χ1v) is 8.58. The van der Waals surface area contributed by atoms with Crippen LogP contribution >= 0.6 is 11.3 Å². The minimum absolute atomic E-state index is 0.288. The molecule has 0 saturated heterocycles. The molecule has 0 amide bonds. The van der Waals surface area contributed by atoms with E-state index < -0.39 is 10.0 Å². The monoisotopic (exact) mass is 311 g/mol. The van der Waals surface area contributed by atoms with Crippen LogP contribution in [0.2, 0.25) is 0 Å². The summed E-state index contributed by atoms with van der Waals surface area (Å²) >= 11 is 1.22. The molecule has 0 radical (unpaired) electrons. The van der Waals surface area contributed by atoms with E-state index in [1.807, 2.05) is 31.2 Å². The van der Waals surface area contributed by atoms with E-state index >= 15 is 0 Å². The van der Waals surface area contributed by atoms with Gasteiger partial charge < -0.3 is 4.74 Å². The van der Waals surface area contributed by atoms with Crippen LogP contribution in [0.1, 0.15) is 12.5 Å². The van der Waals surface area contributed by atoms with Gasteiger partial charge in [-0.3, -0.25) is 0 Å². The highest BCUT2D eigenvalue weighted by atomic mass is 32.2. The molecule has 1 aromatic heterocycles. The van der Waals surface area contributed by atoms with Crippen molar-refractivity contribution in [1.82, 2.24) is 4.31 Å². The van der Waals surface area contributed by atoms with E-state index in [0.717, 1.165) is 11.3 Å². The van der Waals surface area contributed by atoms with Gasteiger partial charge in [-0.1, -0.05) is 24.3 Å². The molecule has 2 aromatic rings. The number of hydrogen-bond donors (Lipinski definition) is 0. The molecule has 108 valence electrons. The summed E-state index contributed by atoms with van der Waals surface area (Å²) in [7, 11) is -1.85. The molecule has 6 heteroatoms. The van der Waals surface area contributed by atoms with E-state index in [-0.39, 0.29) is 6.54 Å².